The molecule has 1 aliphatic carbocycles. The van der Waals surface area contributed by atoms with Crippen molar-refractivity contribution in [2.45, 2.75) is 50.0 Å². The molecule has 2 nitrogen and oxygen atoms in total. The second-order valence-electron chi connectivity index (χ2n) is 9.34. The van der Waals surface area contributed by atoms with E-state index in [1.54, 1.807) is 0 Å². The van der Waals surface area contributed by atoms with E-state index in [1.165, 1.54) is 11.1 Å². The molecule has 0 saturated carbocycles. The van der Waals surface area contributed by atoms with Crippen LogP contribution in [0.2, 0.25) is 25.7 Å². The van der Waals surface area contributed by atoms with Crippen LogP contribution in [0.15, 0.2) is 48.5 Å². The van der Waals surface area contributed by atoms with Crippen LogP contribution in [0, 0.1) is 0 Å². The second kappa shape index (κ2) is 7.30. The monoisotopic (exact) mass is 367 g/mol. The number of nitrogens with zero attached hydrogens (tertiary/aromatic N) is 1. The molecule has 1 N–H and O–H groups in total. The minimum absolute atomic E-state index is 0.449. The Balaban J connectivity index is 2.18. The molecule has 140 valence electrons. The lowest BCUT2D eigenvalue weighted by Gasteiger charge is -2.36. The smallest absolute Gasteiger partial charge is 0.113 e. The van der Waals surface area contributed by atoms with Crippen molar-refractivity contribution < 1.29 is 5.11 Å². The zero-order valence-corrected chi connectivity index (χ0v) is 17.9. The van der Waals surface area contributed by atoms with Gasteiger partial charge in [0.05, 0.1) is 0 Å². The fourth-order valence-electron chi connectivity index (χ4n) is 4.48. The summed E-state index contributed by atoms with van der Waals surface area (Å²) in [7, 11) is 2.78. The van der Waals surface area contributed by atoms with Crippen LogP contribution in [0.1, 0.15) is 34.6 Å². The molecule has 0 fully saturated rings. The lowest BCUT2D eigenvalue weighted by Crippen LogP contribution is -2.37. The average molecular weight is 368 g/mol. The molecule has 0 heterocycles. The highest BCUT2D eigenvalue weighted by atomic mass is 28.3. The maximum atomic E-state index is 12.1. The van der Waals surface area contributed by atoms with Crippen LogP contribution in [-0.4, -0.2) is 38.7 Å². The largest absolute Gasteiger partial charge is 0.381 e. The van der Waals surface area contributed by atoms with Gasteiger partial charge in [0.2, 0.25) is 0 Å². The number of hydrogen-bond donors (Lipinski definition) is 1. The molecule has 0 amide bonds. The minimum Gasteiger partial charge on any atom is -0.381 e. The van der Waals surface area contributed by atoms with Gasteiger partial charge in [-0.25, -0.2) is 0 Å². The zero-order chi connectivity index (χ0) is 18.9. The first-order valence-electron chi connectivity index (χ1n) is 9.75. The van der Waals surface area contributed by atoms with Gasteiger partial charge in [-0.05, 0) is 67.7 Å². The number of benzene rings is 2. The van der Waals surface area contributed by atoms with Gasteiger partial charge in [0.15, 0.2) is 0 Å². The van der Waals surface area contributed by atoms with Crippen LogP contribution < -0.4 is 0 Å². The average Bonchev–Trinajstić information content (AvgIpc) is 2.66. The van der Waals surface area contributed by atoms with Crippen LogP contribution in [-0.2, 0) is 12.0 Å². The molecule has 2 atom stereocenters. The van der Waals surface area contributed by atoms with Gasteiger partial charge < -0.3 is 10.0 Å². The molecule has 2 unspecified atom stereocenters. The van der Waals surface area contributed by atoms with Gasteiger partial charge in [-0.1, -0.05) is 68.2 Å². The van der Waals surface area contributed by atoms with Crippen LogP contribution in [0.5, 0.6) is 0 Å². The normalized spacial score (nSPS) is 22.7. The third kappa shape index (κ3) is 3.95. The topological polar surface area (TPSA) is 23.5 Å². The minimum atomic E-state index is -1.49. The summed E-state index contributed by atoms with van der Waals surface area (Å²) in [6.45, 7) is 8.12. The molecule has 2 aromatic carbocycles. The van der Waals surface area contributed by atoms with Crippen LogP contribution in [0.4, 0.5) is 0 Å². The highest BCUT2D eigenvalue weighted by molar-refractivity contribution is 6.76. The van der Waals surface area contributed by atoms with Crippen LogP contribution >= 0.6 is 0 Å². The molecule has 0 aromatic heterocycles. The first-order valence-corrected chi connectivity index (χ1v) is 13.5. The molecule has 3 heteroatoms. The molecule has 2 aromatic rings. The summed E-state index contributed by atoms with van der Waals surface area (Å²) in [6, 6.07) is 18.1. The first-order chi connectivity index (χ1) is 12.2. The van der Waals surface area contributed by atoms with E-state index in [9.17, 15) is 5.11 Å². The Bertz CT molecular complexity index is 765. The lowest BCUT2D eigenvalue weighted by molar-refractivity contribution is 0.0997. The fourth-order valence-corrected chi connectivity index (χ4v) is 6.40. The molecule has 0 spiro atoms. The highest BCUT2D eigenvalue weighted by Gasteiger charge is 2.42. The molecule has 0 saturated heterocycles. The van der Waals surface area contributed by atoms with Crippen molar-refractivity contribution in [2.75, 3.05) is 20.6 Å². The Morgan fingerprint density at radius 3 is 2.27 bits per heavy atom. The fraction of sp³-hybridized carbons (Fsp3) is 0.478. The van der Waals surface area contributed by atoms with E-state index >= 15 is 0 Å². The van der Waals surface area contributed by atoms with Gasteiger partial charge in [-0.3, -0.25) is 0 Å². The van der Waals surface area contributed by atoms with Crippen molar-refractivity contribution in [2.24, 2.45) is 0 Å². The van der Waals surface area contributed by atoms with Gasteiger partial charge >= 0.3 is 0 Å². The van der Waals surface area contributed by atoms with Crippen LogP contribution in [0.25, 0.3) is 0 Å². The van der Waals surface area contributed by atoms with Gasteiger partial charge in [0, 0.05) is 8.07 Å². The number of aliphatic hydroxyl groups is 1. The lowest BCUT2D eigenvalue weighted by atomic mass is 9.83. The summed E-state index contributed by atoms with van der Waals surface area (Å²) in [5.74, 6) is 0.449. The van der Waals surface area contributed by atoms with E-state index in [-0.39, 0.29) is 0 Å². The Labute approximate surface area is 159 Å². The van der Waals surface area contributed by atoms with E-state index in [0.29, 0.717) is 5.92 Å². The number of rotatable bonds is 5. The summed E-state index contributed by atoms with van der Waals surface area (Å²) in [5, 5.41) is 12.1. The molecule has 0 radical (unpaired) electrons. The predicted molar refractivity (Wildman–Crippen MR) is 114 cm³/mol. The molecular weight excluding hydrogens is 334 g/mol. The molecule has 1 aliphatic rings. The third-order valence-corrected chi connectivity index (χ3v) is 7.06. The second-order valence-corrected chi connectivity index (χ2v) is 14.8. The number of hydrogen-bond acceptors (Lipinski definition) is 2. The zero-order valence-electron chi connectivity index (χ0n) is 16.9. The SMILES string of the molecule is CN(C)CCC1Cc2ccccc2C(O)(C[Si](C)(C)C)c2ccccc21. The van der Waals surface area contributed by atoms with Gasteiger partial charge in [0.1, 0.15) is 5.60 Å². The maximum absolute atomic E-state index is 12.1. The number of fused-ring (bicyclic) bond motifs is 2. The summed E-state index contributed by atoms with van der Waals surface area (Å²) in [5.41, 5.74) is 4.04. The van der Waals surface area contributed by atoms with Crippen molar-refractivity contribution in [3.63, 3.8) is 0 Å². The Hall–Kier alpha value is -1.42. The molecule has 3 rings (SSSR count). The molecule has 26 heavy (non-hydrogen) atoms. The van der Waals surface area contributed by atoms with Crippen molar-refractivity contribution >= 4 is 8.07 Å². The van der Waals surface area contributed by atoms with E-state index in [4.69, 9.17) is 0 Å². The Morgan fingerprint density at radius 2 is 1.62 bits per heavy atom. The van der Waals surface area contributed by atoms with Gasteiger partial charge in [-0.2, -0.15) is 0 Å². The Kier molecular flexibility index (Phi) is 5.43. The van der Waals surface area contributed by atoms with Gasteiger partial charge in [-0.15, -0.1) is 0 Å². The Morgan fingerprint density at radius 1 is 1.00 bits per heavy atom. The van der Waals surface area contributed by atoms with E-state index < -0.39 is 13.7 Å². The summed E-state index contributed by atoms with van der Waals surface area (Å²) >= 11 is 0. The van der Waals surface area contributed by atoms with Gasteiger partial charge in [0.25, 0.3) is 0 Å². The highest BCUT2D eigenvalue weighted by Crippen LogP contribution is 2.46. The van der Waals surface area contributed by atoms with Crippen molar-refractivity contribution in [1.82, 2.24) is 4.90 Å². The quantitative estimate of drug-likeness (QED) is 0.764. The van der Waals surface area contributed by atoms with E-state index in [0.717, 1.165) is 36.6 Å². The summed E-state index contributed by atoms with van der Waals surface area (Å²) < 4.78 is 0. The summed E-state index contributed by atoms with van der Waals surface area (Å²) in [6.07, 6.45) is 2.12. The molecule has 0 aliphatic heterocycles. The van der Waals surface area contributed by atoms with E-state index in [2.05, 4.69) is 87.2 Å². The van der Waals surface area contributed by atoms with E-state index in [1.807, 2.05) is 0 Å². The molecule has 0 bridgehead atoms. The third-order valence-electron chi connectivity index (χ3n) is 5.49. The first kappa shape index (κ1) is 19.3. The van der Waals surface area contributed by atoms with Crippen molar-refractivity contribution in [3.05, 3.63) is 70.8 Å². The van der Waals surface area contributed by atoms with Crippen LogP contribution in [0.3, 0.4) is 0 Å². The maximum Gasteiger partial charge on any atom is 0.113 e. The molecular formula is C23H33NOSi. The van der Waals surface area contributed by atoms with Crippen molar-refractivity contribution in [3.8, 4) is 0 Å². The summed E-state index contributed by atoms with van der Waals surface area (Å²) in [4.78, 5) is 2.26. The standard InChI is InChI=1S/C23H33NOSi/c1-24(2)15-14-18-16-19-10-6-8-12-21(19)23(25,17-26(3,4)5)22-13-9-7-11-20(18)22/h6-13,18,25H,14-17H2,1-5H3. The van der Waals surface area contributed by atoms with Crippen molar-refractivity contribution in [1.29, 1.82) is 0 Å². The predicted octanol–water partition coefficient (Wildman–Crippen LogP) is 4.85.